The molecule has 53 heavy (non-hydrogen) atoms. The summed E-state index contributed by atoms with van der Waals surface area (Å²) >= 11 is 0. The maximum atomic E-state index is 4.48. The molecule has 0 saturated carbocycles. The summed E-state index contributed by atoms with van der Waals surface area (Å²) in [6.45, 7) is 7.50. The fourth-order valence-corrected chi connectivity index (χ4v) is 5.97. The fourth-order valence-electron chi connectivity index (χ4n) is 5.97. The van der Waals surface area contributed by atoms with E-state index in [9.17, 15) is 0 Å². The molecule has 0 aliphatic carbocycles. The van der Waals surface area contributed by atoms with Crippen LogP contribution in [0.1, 0.15) is 11.1 Å². The molecular weight excluding hydrogens is 823 g/mol. The Morgan fingerprint density at radius 2 is 0.774 bits per heavy atom. The molecule has 3 heterocycles. The van der Waals surface area contributed by atoms with E-state index in [-0.39, 0.29) is 20.1 Å². The second-order valence-electron chi connectivity index (χ2n) is 11.9. The Labute approximate surface area is 324 Å². The van der Waals surface area contributed by atoms with Gasteiger partial charge in [0.15, 0.2) is 0 Å². The zero-order valence-electron chi connectivity index (χ0n) is 28.9. The van der Waals surface area contributed by atoms with Crippen LogP contribution in [0, 0.1) is 18.2 Å². The molecule has 9 rings (SSSR count). The monoisotopic (exact) mass is 857 g/mol. The zero-order chi connectivity index (χ0) is 35.5. The van der Waals surface area contributed by atoms with E-state index < -0.39 is 0 Å². The largest absolute Gasteiger partial charge is 3.00 e. The van der Waals surface area contributed by atoms with E-state index in [1.165, 1.54) is 21.5 Å². The number of rotatable bonds is 5. The number of hydrogen-bond acceptors (Lipinski definition) is 3. The van der Waals surface area contributed by atoms with E-state index in [0.717, 1.165) is 55.7 Å². The van der Waals surface area contributed by atoms with Gasteiger partial charge < -0.3 is 15.0 Å². The molecule has 0 bridgehead atoms. The first-order chi connectivity index (χ1) is 25.7. The van der Waals surface area contributed by atoms with Gasteiger partial charge in [-0.1, -0.05) is 72.8 Å². The number of nitrogens with zero attached hydrogens (tertiary/aromatic N) is 3. The predicted molar refractivity (Wildman–Crippen MR) is 218 cm³/mol. The predicted octanol–water partition coefficient (Wildman–Crippen LogP) is 12.4. The number of fused-ring (bicyclic) bond motifs is 3. The Bertz CT molecular complexity index is 2450. The number of hydrogen-bond donors (Lipinski definition) is 0. The fraction of sp³-hybridized carbons (Fsp3) is 0. The van der Waals surface area contributed by atoms with Crippen molar-refractivity contribution in [2.24, 2.45) is 0 Å². The van der Waals surface area contributed by atoms with Gasteiger partial charge in [0.05, 0.1) is 0 Å². The van der Waals surface area contributed by atoms with E-state index in [1.807, 2.05) is 146 Å². The van der Waals surface area contributed by atoms with Crippen molar-refractivity contribution in [1.82, 2.24) is 15.0 Å². The van der Waals surface area contributed by atoms with E-state index in [1.54, 1.807) is 0 Å². The molecule has 0 saturated heterocycles. The molecule has 0 atom stereocenters. The molecule has 0 amide bonds. The van der Waals surface area contributed by atoms with E-state index in [4.69, 9.17) is 0 Å². The van der Waals surface area contributed by atoms with E-state index in [2.05, 4.69) is 82.7 Å². The van der Waals surface area contributed by atoms with Crippen LogP contribution in [0.3, 0.4) is 0 Å². The number of pyridine rings is 3. The van der Waals surface area contributed by atoms with Crippen molar-refractivity contribution in [3.63, 3.8) is 0 Å². The van der Waals surface area contributed by atoms with Gasteiger partial charge in [-0.2, -0.15) is 0 Å². The molecule has 4 heteroatoms. The molecule has 9 aromatic rings. The van der Waals surface area contributed by atoms with Crippen molar-refractivity contribution >= 4 is 44.5 Å². The molecule has 0 spiro atoms. The molecule has 3 nitrogen and oxygen atoms in total. The molecule has 0 N–H and O–H groups in total. The molecule has 0 aliphatic heterocycles. The SMILES string of the molecule is C=Cc1c[c-]c(-c2nccc3ccccc23)cc1.C=Cc1c[c-]c(-c2nccc3ccccc23)cc1.[Ir+3].[c-]1ccccc1-c1nccc2ccccc12. The number of benzene rings is 6. The first-order valence-corrected chi connectivity index (χ1v) is 17.0. The Hall–Kier alpha value is -6.32. The van der Waals surface area contributed by atoms with Gasteiger partial charge >= 0.3 is 20.1 Å². The van der Waals surface area contributed by atoms with Crippen LogP contribution in [-0.4, -0.2) is 15.0 Å². The summed E-state index contributed by atoms with van der Waals surface area (Å²) in [5.74, 6) is 0. The zero-order valence-corrected chi connectivity index (χ0v) is 31.3. The smallest absolute Gasteiger partial charge is 0.304 e. The van der Waals surface area contributed by atoms with Crippen LogP contribution in [0.15, 0.2) is 183 Å². The maximum Gasteiger partial charge on any atom is 3.00 e. The summed E-state index contributed by atoms with van der Waals surface area (Å²) in [6, 6.07) is 60.5. The first-order valence-electron chi connectivity index (χ1n) is 17.0. The molecule has 254 valence electrons. The van der Waals surface area contributed by atoms with Crippen molar-refractivity contribution in [2.45, 2.75) is 0 Å². The van der Waals surface area contributed by atoms with Crippen LogP contribution in [0.5, 0.6) is 0 Å². The Morgan fingerprint density at radius 1 is 0.396 bits per heavy atom. The minimum Gasteiger partial charge on any atom is -0.304 e. The molecule has 0 fully saturated rings. The molecule has 6 aromatic carbocycles. The minimum absolute atomic E-state index is 0. The molecule has 3 aromatic heterocycles. The van der Waals surface area contributed by atoms with Crippen LogP contribution >= 0.6 is 0 Å². The van der Waals surface area contributed by atoms with Gasteiger partial charge in [0.25, 0.3) is 0 Å². The quantitative estimate of drug-likeness (QED) is 0.162. The third-order valence-electron chi connectivity index (χ3n) is 8.64. The van der Waals surface area contributed by atoms with Crippen molar-refractivity contribution in [2.75, 3.05) is 0 Å². The second kappa shape index (κ2) is 17.7. The molecule has 0 aliphatic rings. The summed E-state index contributed by atoms with van der Waals surface area (Å²) < 4.78 is 0. The maximum absolute atomic E-state index is 4.48. The summed E-state index contributed by atoms with van der Waals surface area (Å²) in [6.07, 6.45) is 9.16. The third kappa shape index (κ3) is 8.60. The second-order valence-corrected chi connectivity index (χ2v) is 11.9. The summed E-state index contributed by atoms with van der Waals surface area (Å²) in [5, 5.41) is 7.09. The van der Waals surface area contributed by atoms with E-state index in [0.29, 0.717) is 0 Å². The van der Waals surface area contributed by atoms with Gasteiger partial charge in [0.1, 0.15) is 0 Å². The van der Waals surface area contributed by atoms with Crippen LogP contribution < -0.4 is 0 Å². The molecular formula is C49H34IrN3. The summed E-state index contributed by atoms with van der Waals surface area (Å²) in [7, 11) is 0. The van der Waals surface area contributed by atoms with Crippen molar-refractivity contribution in [3.8, 4) is 33.8 Å². The molecule has 0 unspecified atom stereocenters. The minimum atomic E-state index is 0. The van der Waals surface area contributed by atoms with Gasteiger partial charge in [-0.25, -0.2) is 0 Å². The topological polar surface area (TPSA) is 38.7 Å². The normalized spacial score (nSPS) is 10.3. The Morgan fingerprint density at radius 3 is 1.11 bits per heavy atom. The van der Waals surface area contributed by atoms with Crippen molar-refractivity contribution < 1.29 is 20.1 Å². The average molecular weight is 857 g/mol. The third-order valence-corrected chi connectivity index (χ3v) is 8.64. The summed E-state index contributed by atoms with van der Waals surface area (Å²) in [5.41, 5.74) is 8.15. The standard InChI is InChI=1S/2C17H12N.C15H10N.Ir/c2*1-2-13-7-9-15(10-8-13)17-16-6-4-3-5-14(16)11-12-18-17;1-2-7-13(8-3-1)15-14-9-5-4-6-12(14)10-11-16-15;/h2*2-9,11-12H,1H2;1-7,9-11H;/q3*-1;+3. The summed E-state index contributed by atoms with van der Waals surface area (Å²) in [4.78, 5) is 13.4. The van der Waals surface area contributed by atoms with Gasteiger partial charge in [-0.15, -0.1) is 132 Å². The van der Waals surface area contributed by atoms with Crippen LogP contribution in [-0.2, 0) is 20.1 Å². The average Bonchev–Trinajstić information content (AvgIpc) is 3.24. The van der Waals surface area contributed by atoms with Gasteiger partial charge in [-0.3, -0.25) is 0 Å². The van der Waals surface area contributed by atoms with Crippen molar-refractivity contribution in [1.29, 1.82) is 0 Å². The molecule has 0 radical (unpaired) electrons. The van der Waals surface area contributed by atoms with Gasteiger partial charge in [-0.05, 0) is 67.6 Å². The Kier molecular flexibility index (Phi) is 12.2. The Balaban J connectivity index is 0.000000135. The van der Waals surface area contributed by atoms with Crippen molar-refractivity contribution in [3.05, 3.63) is 213 Å². The van der Waals surface area contributed by atoms with Gasteiger partial charge in [0, 0.05) is 18.6 Å². The van der Waals surface area contributed by atoms with Crippen LogP contribution in [0.2, 0.25) is 0 Å². The number of aromatic nitrogens is 3. The van der Waals surface area contributed by atoms with Gasteiger partial charge in [0.2, 0.25) is 0 Å². The first kappa shape index (κ1) is 36.5. The van der Waals surface area contributed by atoms with Crippen LogP contribution in [0.25, 0.3) is 78.2 Å². The van der Waals surface area contributed by atoms with E-state index >= 15 is 0 Å². The van der Waals surface area contributed by atoms with Crippen LogP contribution in [0.4, 0.5) is 0 Å².